The SMILES string of the molecule is Cc1ccc(N2C(=O)C(Nc3ccccc3C)=C(c3ccccc3)C2=O)cc1Cl. The number of carbonyl (C=O) groups is 2. The van der Waals surface area contributed by atoms with Crippen LogP contribution in [0.3, 0.4) is 0 Å². The van der Waals surface area contributed by atoms with E-state index in [2.05, 4.69) is 5.32 Å². The lowest BCUT2D eigenvalue weighted by Crippen LogP contribution is -2.32. The fraction of sp³-hybridized carbons (Fsp3) is 0.0833. The molecule has 0 fully saturated rings. The lowest BCUT2D eigenvalue weighted by molar-refractivity contribution is -0.120. The summed E-state index contributed by atoms with van der Waals surface area (Å²) in [5, 5.41) is 3.70. The van der Waals surface area contributed by atoms with E-state index < -0.39 is 5.91 Å². The zero-order valence-electron chi connectivity index (χ0n) is 16.1. The molecule has 1 heterocycles. The molecule has 1 N–H and O–H groups in total. The summed E-state index contributed by atoms with van der Waals surface area (Å²) in [6.07, 6.45) is 0. The fourth-order valence-electron chi connectivity index (χ4n) is 3.32. The number of amides is 2. The molecule has 144 valence electrons. The predicted molar refractivity (Wildman–Crippen MR) is 117 cm³/mol. The first-order valence-electron chi connectivity index (χ1n) is 9.24. The molecular weight excluding hydrogens is 384 g/mol. The van der Waals surface area contributed by atoms with Gasteiger partial charge < -0.3 is 5.32 Å². The number of aryl methyl sites for hydroxylation is 2. The molecule has 0 saturated carbocycles. The zero-order valence-corrected chi connectivity index (χ0v) is 16.8. The molecule has 4 nitrogen and oxygen atoms in total. The van der Waals surface area contributed by atoms with Crippen LogP contribution in [0.4, 0.5) is 11.4 Å². The van der Waals surface area contributed by atoms with Crippen LogP contribution in [0.1, 0.15) is 16.7 Å². The number of para-hydroxylation sites is 1. The maximum absolute atomic E-state index is 13.4. The predicted octanol–water partition coefficient (Wildman–Crippen LogP) is 5.35. The number of anilines is 2. The summed E-state index contributed by atoms with van der Waals surface area (Å²) < 4.78 is 0. The molecule has 0 spiro atoms. The topological polar surface area (TPSA) is 49.4 Å². The number of rotatable bonds is 4. The third-order valence-electron chi connectivity index (χ3n) is 4.96. The van der Waals surface area contributed by atoms with Gasteiger partial charge in [0.2, 0.25) is 0 Å². The van der Waals surface area contributed by atoms with Gasteiger partial charge in [0.1, 0.15) is 5.70 Å². The molecule has 1 aliphatic heterocycles. The van der Waals surface area contributed by atoms with E-state index in [0.29, 0.717) is 21.8 Å². The maximum atomic E-state index is 13.4. The molecule has 29 heavy (non-hydrogen) atoms. The van der Waals surface area contributed by atoms with Gasteiger partial charge in [0, 0.05) is 10.7 Å². The van der Waals surface area contributed by atoms with E-state index in [1.807, 2.05) is 68.4 Å². The number of hydrogen-bond acceptors (Lipinski definition) is 3. The molecule has 3 aromatic rings. The van der Waals surface area contributed by atoms with Crippen molar-refractivity contribution in [2.45, 2.75) is 13.8 Å². The number of benzene rings is 3. The minimum absolute atomic E-state index is 0.257. The summed E-state index contributed by atoms with van der Waals surface area (Å²) in [6, 6.07) is 22.0. The van der Waals surface area contributed by atoms with Gasteiger partial charge in [0.05, 0.1) is 11.3 Å². The van der Waals surface area contributed by atoms with Crippen LogP contribution in [-0.4, -0.2) is 11.8 Å². The second-order valence-electron chi connectivity index (χ2n) is 6.94. The van der Waals surface area contributed by atoms with Crippen LogP contribution in [0, 0.1) is 13.8 Å². The summed E-state index contributed by atoms with van der Waals surface area (Å²) in [4.78, 5) is 27.9. The first-order chi connectivity index (χ1) is 14.0. The van der Waals surface area contributed by atoms with Crippen molar-refractivity contribution in [3.8, 4) is 0 Å². The Bertz CT molecular complexity index is 1150. The lowest BCUT2D eigenvalue weighted by atomic mass is 10.0. The third-order valence-corrected chi connectivity index (χ3v) is 5.37. The van der Waals surface area contributed by atoms with Crippen LogP contribution in [0.25, 0.3) is 5.57 Å². The van der Waals surface area contributed by atoms with Crippen molar-refractivity contribution in [3.63, 3.8) is 0 Å². The molecule has 0 unspecified atom stereocenters. The molecule has 0 saturated heterocycles. The van der Waals surface area contributed by atoms with E-state index >= 15 is 0 Å². The van der Waals surface area contributed by atoms with Gasteiger partial charge in [-0.25, -0.2) is 4.90 Å². The van der Waals surface area contributed by atoms with Crippen molar-refractivity contribution in [1.82, 2.24) is 0 Å². The van der Waals surface area contributed by atoms with Crippen LogP contribution in [0.15, 0.2) is 78.5 Å². The molecule has 0 atom stereocenters. The number of nitrogens with zero attached hydrogens (tertiary/aromatic N) is 1. The molecule has 0 radical (unpaired) electrons. The third kappa shape index (κ3) is 3.43. The standard InChI is InChI=1S/C24H19ClN2O2/c1-15-12-13-18(14-19(15)25)27-23(28)21(17-9-4-3-5-10-17)22(24(27)29)26-20-11-7-6-8-16(20)2/h3-14,26H,1-2H3. The zero-order chi connectivity index (χ0) is 20.5. The van der Waals surface area contributed by atoms with Crippen molar-refractivity contribution in [2.75, 3.05) is 10.2 Å². The van der Waals surface area contributed by atoms with E-state index in [0.717, 1.165) is 16.8 Å². The Morgan fingerprint density at radius 1 is 0.793 bits per heavy atom. The number of imide groups is 1. The lowest BCUT2D eigenvalue weighted by Gasteiger charge is -2.16. The molecular formula is C24H19ClN2O2. The number of hydrogen-bond donors (Lipinski definition) is 1. The number of nitrogens with one attached hydrogen (secondary N) is 1. The van der Waals surface area contributed by atoms with E-state index in [-0.39, 0.29) is 11.6 Å². The Hall–Kier alpha value is -3.37. The van der Waals surface area contributed by atoms with Gasteiger partial charge in [-0.1, -0.05) is 66.2 Å². The number of halogens is 1. The summed E-state index contributed by atoms with van der Waals surface area (Å²) in [6.45, 7) is 3.82. The van der Waals surface area contributed by atoms with E-state index in [9.17, 15) is 9.59 Å². The minimum atomic E-state index is -0.406. The molecule has 2 amide bonds. The molecule has 1 aliphatic rings. The highest BCUT2D eigenvalue weighted by Gasteiger charge is 2.40. The molecule has 0 aliphatic carbocycles. The highest BCUT2D eigenvalue weighted by Crippen LogP contribution is 2.35. The largest absolute Gasteiger partial charge is 0.350 e. The molecule has 5 heteroatoms. The van der Waals surface area contributed by atoms with Crippen molar-refractivity contribution in [3.05, 3.63) is 100 Å². The number of carbonyl (C=O) groups excluding carboxylic acids is 2. The van der Waals surface area contributed by atoms with Crippen molar-refractivity contribution >= 4 is 40.4 Å². The molecule has 0 bridgehead atoms. The van der Waals surface area contributed by atoms with Gasteiger partial charge in [-0.05, 0) is 48.7 Å². The quantitative estimate of drug-likeness (QED) is 0.598. The van der Waals surface area contributed by atoms with Crippen molar-refractivity contribution in [1.29, 1.82) is 0 Å². The van der Waals surface area contributed by atoms with E-state index in [4.69, 9.17) is 11.6 Å². The molecule has 3 aromatic carbocycles. The Balaban J connectivity index is 1.84. The van der Waals surface area contributed by atoms with Crippen LogP contribution in [0.5, 0.6) is 0 Å². The maximum Gasteiger partial charge on any atom is 0.282 e. The van der Waals surface area contributed by atoms with Crippen molar-refractivity contribution < 1.29 is 9.59 Å². The Labute approximate surface area is 174 Å². The van der Waals surface area contributed by atoms with Crippen LogP contribution >= 0.6 is 11.6 Å². The van der Waals surface area contributed by atoms with Gasteiger partial charge in [-0.15, -0.1) is 0 Å². The second kappa shape index (κ2) is 7.57. The summed E-state index contributed by atoms with van der Waals surface area (Å²) >= 11 is 6.25. The highest BCUT2D eigenvalue weighted by atomic mass is 35.5. The van der Waals surface area contributed by atoms with Crippen molar-refractivity contribution in [2.24, 2.45) is 0 Å². The van der Waals surface area contributed by atoms with E-state index in [1.54, 1.807) is 18.2 Å². The summed E-state index contributed by atoms with van der Waals surface area (Å²) in [7, 11) is 0. The first kappa shape index (κ1) is 19.0. The van der Waals surface area contributed by atoms with Crippen LogP contribution < -0.4 is 10.2 Å². The Kier molecular flexibility index (Phi) is 4.95. The van der Waals surface area contributed by atoms with Gasteiger partial charge in [-0.2, -0.15) is 0 Å². The Morgan fingerprint density at radius 2 is 1.48 bits per heavy atom. The van der Waals surface area contributed by atoms with Gasteiger partial charge in [0.15, 0.2) is 0 Å². The van der Waals surface area contributed by atoms with Gasteiger partial charge in [-0.3, -0.25) is 9.59 Å². The average molecular weight is 403 g/mol. The fourth-order valence-corrected chi connectivity index (χ4v) is 3.50. The summed E-state index contributed by atoms with van der Waals surface area (Å²) in [5.74, 6) is -0.783. The van der Waals surface area contributed by atoms with Crippen LogP contribution in [-0.2, 0) is 9.59 Å². The highest BCUT2D eigenvalue weighted by molar-refractivity contribution is 6.46. The smallest absolute Gasteiger partial charge is 0.282 e. The van der Waals surface area contributed by atoms with Gasteiger partial charge >= 0.3 is 0 Å². The van der Waals surface area contributed by atoms with Gasteiger partial charge in [0.25, 0.3) is 11.8 Å². The summed E-state index contributed by atoms with van der Waals surface area (Å²) in [5.41, 5.74) is 4.37. The normalized spacial score (nSPS) is 14.0. The monoisotopic (exact) mass is 402 g/mol. The molecule has 0 aromatic heterocycles. The second-order valence-corrected chi connectivity index (χ2v) is 7.34. The van der Waals surface area contributed by atoms with Crippen LogP contribution in [0.2, 0.25) is 5.02 Å². The average Bonchev–Trinajstić information content (AvgIpc) is 2.96. The Morgan fingerprint density at radius 3 is 2.17 bits per heavy atom. The first-order valence-corrected chi connectivity index (χ1v) is 9.62. The molecule has 4 rings (SSSR count). The van der Waals surface area contributed by atoms with E-state index in [1.165, 1.54) is 4.90 Å². The minimum Gasteiger partial charge on any atom is -0.350 e.